The molecule has 0 aliphatic carbocycles. The van der Waals surface area contributed by atoms with E-state index in [1.807, 2.05) is 31.2 Å². The molecule has 3 aromatic rings. The second-order valence-corrected chi connectivity index (χ2v) is 5.83. The summed E-state index contributed by atoms with van der Waals surface area (Å²) >= 11 is 9.46. The Morgan fingerprint density at radius 3 is 2.65 bits per heavy atom. The lowest BCUT2D eigenvalue weighted by Crippen LogP contribution is -2.02. The van der Waals surface area contributed by atoms with E-state index >= 15 is 0 Å². The van der Waals surface area contributed by atoms with Crippen LogP contribution in [0.4, 0.5) is 0 Å². The van der Waals surface area contributed by atoms with Gasteiger partial charge in [0.15, 0.2) is 5.76 Å². The van der Waals surface area contributed by atoms with Gasteiger partial charge in [-0.05, 0) is 31.2 Å². The van der Waals surface area contributed by atoms with Crippen LogP contribution in [0.3, 0.4) is 0 Å². The van der Waals surface area contributed by atoms with Gasteiger partial charge in [0.2, 0.25) is 5.78 Å². The monoisotopic (exact) mass is 348 g/mol. The summed E-state index contributed by atoms with van der Waals surface area (Å²) in [6, 6.07) is 12.8. The van der Waals surface area contributed by atoms with Crippen molar-refractivity contribution in [3.05, 3.63) is 68.8 Å². The number of aryl methyl sites for hydroxylation is 1. The van der Waals surface area contributed by atoms with Crippen molar-refractivity contribution in [2.24, 2.45) is 0 Å². The highest BCUT2D eigenvalue weighted by Gasteiger charge is 2.21. The van der Waals surface area contributed by atoms with Crippen molar-refractivity contribution in [1.29, 1.82) is 0 Å². The van der Waals surface area contributed by atoms with Gasteiger partial charge in [0.1, 0.15) is 5.58 Å². The molecular weight excluding hydrogens is 340 g/mol. The normalized spacial score (nSPS) is 10.9. The molecular formula is C16H10BrClO2. The average Bonchev–Trinajstić information content (AvgIpc) is 2.76. The largest absolute Gasteiger partial charge is 0.452 e. The van der Waals surface area contributed by atoms with Gasteiger partial charge in [-0.1, -0.05) is 45.7 Å². The van der Waals surface area contributed by atoms with Gasteiger partial charge in [-0.3, -0.25) is 4.79 Å². The summed E-state index contributed by atoms with van der Waals surface area (Å²) in [5, 5.41) is 1.35. The summed E-state index contributed by atoms with van der Waals surface area (Å²) in [6.45, 7) is 1.88. The van der Waals surface area contributed by atoms with Crippen molar-refractivity contribution in [3.63, 3.8) is 0 Å². The van der Waals surface area contributed by atoms with E-state index in [9.17, 15) is 4.79 Å². The fourth-order valence-electron chi connectivity index (χ4n) is 2.19. The number of para-hydroxylation sites is 1. The van der Waals surface area contributed by atoms with Crippen molar-refractivity contribution in [3.8, 4) is 0 Å². The molecule has 2 aromatic carbocycles. The first-order valence-electron chi connectivity index (χ1n) is 6.06. The second kappa shape index (κ2) is 5.08. The molecule has 0 spiro atoms. The van der Waals surface area contributed by atoms with Gasteiger partial charge in [0, 0.05) is 21.0 Å². The fourth-order valence-corrected chi connectivity index (χ4v) is 2.95. The third-order valence-corrected chi connectivity index (χ3v) is 4.03. The lowest BCUT2D eigenvalue weighted by Gasteiger charge is -2.02. The molecule has 3 rings (SSSR count). The number of hydrogen-bond donors (Lipinski definition) is 0. The van der Waals surface area contributed by atoms with E-state index in [1.165, 1.54) is 0 Å². The Hall–Kier alpha value is -1.58. The Morgan fingerprint density at radius 1 is 1.20 bits per heavy atom. The maximum atomic E-state index is 12.6. The van der Waals surface area contributed by atoms with Gasteiger partial charge in [-0.25, -0.2) is 0 Å². The number of fused-ring (bicyclic) bond motifs is 1. The molecule has 0 amide bonds. The lowest BCUT2D eigenvalue weighted by molar-refractivity contribution is 0.101. The molecule has 0 saturated heterocycles. The van der Waals surface area contributed by atoms with Crippen LogP contribution in [0.2, 0.25) is 5.02 Å². The first-order valence-corrected chi connectivity index (χ1v) is 7.23. The SMILES string of the molecule is Cc1c(C(=O)c2ccc(Br)cc2Cl)oc2ccccc12. The first-order chi connectivity index (χ1) is 9.58. The molecule has 20 heavy (non-hydrogen) atoms. The molecule has 1 heterocycles. The zero-order valence-corrected chi connectivity index (χ0v) is 13.0. The van der Waals surface area contributed by atoms with Gasteiger partial charge in [-0.2, -0.15) is 0 Å². The Labute approximate surface area is 129 Å². The Balaban J connectivity index is 2.15. The maximum absolute atomic E-state index is 12.6. The number of carbonyl (C=O) groups excluding carboxylic acids is 1. The van der Waals surface area contributed by atoms with Gasteiger partial charge in [-0.15, -0.1) is 0 Å². The third-order valence-electron chi connectivity index (χ3n) is 3.23. The van der Waals surface area contributed by atoms with E-state index in [0.29, 0.717) is 21.9 Å². The number of rotatable bonds is 2. The maximum Gasteiger partial charge on any atom is 0.229 e. The first kappa shape index (κ1) is 13.4. The third kappa shape index (κ3) is 2.17. The molecule has 0 aliphatic heterocycles. The van der Waals surface area contributed by atoms with Crippen molar-refractivity contribution in [1.82, 2.24) is 0 Å². The summed E-state index contributed by atoms with van der Waals surface area (Å²) in [7, 11) is 0. The summed E-state index contributed by atoms with van der Waals surface area (Å²) in [5.41, 5.74) is 1.99. The van der Waals surface area contributed by atoms with Crippen LogP contribution in [-0.4, -0.2) is 5.78 Å². The summed E-state index contributed by atoms with van der Waals surface area (Å²) in [4.78, 5) is 12.6. The van der Waals surface area contributed by atoms with Crippen molar-refractivity contribution >= 4 is 44.3 Å². The highest BCUT2D eigenvalue weighted by Crippen LogP contribution is 2.29. The highest BCUT2D eigenvalue weighted by atomic mass is 79.9. The predicted octanol–water partition coefficient (Wildman–Crippen LogP) is 5.39. The molecule has 0 atom stereocenters. The van der Waals surface area contributed by atoms with Crippen molar-refractivity contribution in [2.75, 3.05) is 0 Å². The smallest absolute Gasteiger partial charge is 0.229 e. The predicted molar refractivity (Wildman–Crippen MR) is 83.5 cm³/mol. The van der Waals surface area contributed by atoms with Crippen LogP contribution in [0.5, 0.6) is 0 Å². The van der Waals surface area contributed by atoms with Crippen LogP contribution in [-0.2, 0) is 0 Å². The summed E-state index contributed by atoms with van der Waals surface area (Å²) < 4.78 is 6.51. The molecule has 1 aromatic heterocycles. The fraction of sp³-hybridized carbons (Fsp3) is 0.0625. The van der Waals surface area contributed by atoms with Crippen LogP contribution < -0.4 is 0 Å². The minimum absolute atomic E-state index is 0.198. The zero-order chi connectivity index (χ0) is 14.3. The van der Waals surface area contributed by atoms with Crippen molar-refractivity contribution < 1.29 is 9.21 Å². The molecule has 0 saturated carbocycles. The lowest BCUT2D eigenvalue weighted by atomic mass is 10.0. The topological polar surface area (TPSA) is 30.2 Å². The second-order valence-electron chi connectivity index (χ2n) is 4.51. The van der Waals surface area contributed by atoms with E-state index in [-0.39, 0.29) is 5.78 Å². The molecule has 0 fully saturated rings. The van der Waals surface area contributed by atoms with E-state index in [2.05, 4.69) is 15.9 Å². The number of ketones is 1. The Morgan fingerprint density at radius 2 is 1.95 bits per heavy atom. The molecule has 100 valence electrons. The van der Waals surface area contributed by atoms with Gasteiger partial charge in [0.05, 0.1) is 5.02 Å². The van der Waals surface area contributed by atoms with E-state index in [4.69, 9.17) is 16.0 Å². The zero-order valence-electron chi connectivity index (χ0n) is 10.6. The van der Waals surface area contributed by atoms with Crippen LogP contribution in [0.15, 0.2) is 51.4 Å². The number of carbonyl (C=O) groups is 1. The molecule has 0 unspecified atom stereocenters. The van der Waals surface area contributed by atoms with Crippen molar-refractivity contribution in [2.45, 2.75) is 6.92 Å². The van der Waals surface area contributed by atoms with Gasteiger partial charge >= 0.3 is 0 Å². The van der Waals surface area contributed by atoms with E-state index in [1.54, 1.807) is 18.2 Å². The van der Waals surface area contributed by atoms with Crippen LogP contribution in [0.1, 0.15) is 21.7 Å². The Bertz CT molecular complexity index is 820. The molecule has 0 N–H and O–H groups in total. The van der Waals surface area contributed by atoms with Gasteiger partial charge in [0.25, 0.3) is 0 Å². The molecule has 0 radical (unpaired) electrons. The van der Waals surface area contributed by atoms with E-state index < -0.39 is 0 Å². The number of hydrogen-bond acceptors (Lipinski definition) is 2. The molecule has 0 bridgehead atoms. The standard InChI is InChI=1S/C16H10BrClO2/c1-9-11-4-2-3-5-14(11)20-16(9)15(19)12-7-6-10(17)8-13(12)18/h2-8H,1H3. The van der Waals surface area contributed by atoms with Crippen LogP contribution in [0, 0.1) is 6.92 Å². The van der Waals surface area contributed by atoms with Crippen LogP contribution in [0.25, 0.3) is 11.0 Å². The number of furan rings is 1. The number of benzene rings is 2. The molecule has 0 aliphatic rings. The Kier molecular flexibility index (Phi) is 3.40. The minimum atomic E-state index is -0.198. The molecule has 4 heteroatoms. The number of halogens is 2. The van der Waals surface area contributed by atoms with Gasteiger partial charge < -0.3 is 4.42 Å². The summed E-state index contributed by atoms with van der Waals surface area (Å²) in [6.07, 6.45) is 0. The van der Waals surface area contributed by atoms with Crippen LogP contribution >= 0.6 is 27.5 Å². The summed E-state index contributed by atoms with van der Waals surface area (Å²) in [5.74, 6) is 0.145. The average molecular weight is 350 g/mol. The van der Waals surface area contributed by atoms with E-state index in [0.717, 1.165) is 15.4 Å². The minimum Gasteiger partial charge on any atom is -0.452 e. The molecule has 2 nitrogen and oxygen atoms in total. The quantitative estimate of drug-likeness (QED) is 0.581. The highest BCUT2D eigenvalue weighted by molar-refractivity contribution is 9.10.